The molecule has 0 aromatic heterocycles. The van der Waals surface area contributed by atoms with Crippen molar-refractivity contribution in [1.29, 1.82) is 0 Å². The number of carbonyl (C=O) groups excluding carboxylic acids is 1. The fourth-order valence-corrected chi connectivity index (χ4v) is 2.59. The molecule has 1 fully saturated rings. The van der Waals surface area contributed by atoms with E-state index in [1.54, 1.807) is 4.90 Å². The summed E-state index contributed by atoms with van der Waals surface area (Å²) in [6, 6.07) is 5.69. The van der Waals surface area contributed by atoms with Crippen LogP contribution in [0.5, 0.6) is 0 Å². The molecule has 3 nitrogen and oxygen atoms in total. The Bertz CT molecular complexity index is 516. The van der Waals surface area contributed by atoms with Gasteiger partial charge in [-0.1, -0.05) is 24.1 Å². The van der Waals surface area contributed by atoms with E-state index in [4.69, 9.17) is 16.3 Å². The van der Waals surface area contributed by atoms with Crippen LogP contribution in [0.2, 0.25) is 5.02 Å². The zero-order chi connectivity index (χ0) is 16.2. The number of halogens is 4. The Morgan fingerprint density at radius 2 is 1.95 bits per heavy atom. The number of likely N-dealkylation sites (tertiary alicyclic amines) is 1. The monoisotopic (exact) mass is 335 g/mol. The summed E-state index contributed by atoms with van der Waals surface area (Å²) in [7, 11) is 0. The van der Waals surface area contributed by atoms with E-state index in [0.29, 0.717) is 13.1 Å². The molecule has 1 aromatic carbocycles. The summed E-state index contributed by atoms with van der Waals surface area (Å²) in [5, 5.41) is 0.272. The number of rotatable bonds is 4. The van der Waals surface area contributed by atoms with E-state index in [0.717, 1.165) is 19.3 Å². The molecular formula is C15H17ClF3NO2. The van der Waals surface area contributed by atoms with Gasteiger partial charge in [0, 0.05) is 11.6 Å². The number of hydrogen-bond acceptors (Lipinski definition) is 3. The van der Waals surface area contributed by atoms with E-state index >= 15 is 0 Å². The molecule has 0 saturated carbocycles. The smallest absolute Gasteiger partial charge is 0.426 e. The minimum absolute atomic E-state index is 0.0143. The van der Waals surface area contributed by atoms with Gasteiger partial charge >= 0.3 is 12.1 Å². The number of benzene rings is 1. The quantitative estimate of drug-likeness (QED) is 0.781. The van der Waals surface area contributed by atoms with Gasteiger partial charge in [-0.2, -0.15) is 13.2 Å². The largest absolute Gasteiger partial charge is 0.448 e. The van der Waals surface area contributed by atoms with Crippen molar-refractivity contribution in [2.24, 2.45) is 0 Å². The van der Waals surface area contributed by atoms with Crippen LogP contribution in [0.15, 0.2) is 24.3 Å². The third-order valence-corrected chi connectivity index (χ3v) is 3.78. The lowest BCUT2D eigenvalue weighted by molar-refractivity contribution is -0.209. The summed E-state index contributed by atoms with van der Waals surface area (Å²) in [6.07, 6.45) is -3.96. The van der Waals surface area contributed by atoms with Gasteiger partial charge in [0.15, 0.2) is 0 Å². The lowest BCUT2D eigenvalue weighted by Gasteiger charge is -2.31. The maximum atomic E-state index is 13.1. The van der Waals surface area contributed by atoms with Gasteiger partial charge in [0.1, 0.15) is 0 Å². The normalized spacial score (nSPS) is 18.0. The number of nitrogens with zero attached hydrogens (tertiary/aromatic N) is 1. The second kappa shape index (κ2) is 7.33. The molecule has 0 amide bonds. The Hall–Kier alpha value is -1.27. The first-order chi connectivity index (χ1) is 10.4. The Morgan fingerprint density at radius 3 is 2.55 bits per heavy atom. The van der Waals surface area contributed by atoms with Gasteiger partial charge in [0.25, 0.3) is 0 Å². The molecule has 0 radical (unpaired) electrons. The molecule has 2 rings (SSSR count). The van der Waals surface area contributed by atoms with Crippen LogP contribution >= 0.6 is 11.6 Å². The molecule has 122 valence electrons. The molecule has 1 heterocycles. The molecule has 0 unspecified atom stereocenters. The predicted molar refractivity (Wildman–Crippen MR) is 77.0 cm³/mol. The van der Waals surface area contributed by atoms with Crippen LogP contribution in [-0.2, 0) is 4.74 Å². The van der Waals surface area contributed by atoms with Crippen LogP contribution in [0.3, 0.4) is 0 Å². The van der Waals surface area contributed by atoms with Crippen LogP contribution in [-0.4, -0.2) is 42.8 Å². The zero-order valence-electron chi connectivity index (χ0n) is 11.9. The van der Waals surface area contributed by atoms with Crippen LogP contribution in [0, 0.1) is 0 Å². The van der Waals surface area contributed by atoms with Gasteiger partial charge in [0.2, 0.25) is 6.10 Å². The molecule has 1 atom stereocenters. The Labute approximate surface area is 132 Å². The average Bonchev–Trinajstić information content (AvgIpc) is 2.46. The molecule has 0 spiro atoms. The molecule has 0 N–H and O–H groups in total. The Kier molecular flexibility index (Phi) is 5.69. The summed E-state index contributed by atoms with van der Waals surface area (Å²) in [6.45, 7) is 0.873. The maximum absolute atomic E-state index is 13.1. The van der Waals surface area contributed by atoms with E-state index in [2.05, 4.69) is 0 Å². The van der Waals surface area contributed by atoms with Crippen molar-refractivity contribution in [2.45, 2.75) is 31.5 Å². The number of piperidine rings is 1. The molecule has 22 heavy (non-hydrogen) atoms. The number of hydrogen-bond donors (Lipinski definition) is 0. The third kappa shape index (κ3) is 4.88. The van der Waals surface area contributed by atoms with Crippen LogP contribution < -0.4 is 0 Å². The maximum Gasteiger partial charge on any atom is 0.426 e. The molecule has 1 aromatic rings. The van der Waals surface area contributed by atoms with Crippen molar-refractivity contribution in [1.82, 2.24) is 4.90 Å². The van der Waals surface area contributed by atoms with Gasteiger partial charge in [-0.25, -0.2) is 4.79 Å². The van der Waals surface area contributed by atoms with Crippen molar-refractivity contribution in [3.05, 3.63) is 34.9 Å². The van der Waals surface area contributed by atoms with Gasteiger partial charge in [-0.3, -0.25) is 4.90 Å². The summed E-state index contributed by atoms with van der Waals surface area (Å²) >= 11 is 5.73. The topological polar surface area (TPSA) is 29.5 Å². The van der Waals surface area contributed by atoms with E-state index in [9.17, 15) is 18.0 Å². The van der Waals surface area contributed by atoms with E-state index < -0.39 is 18.2 Å². The Balaban J connectivity index is 2.04. The molecule has 1 saturated heterocycles. The first-order valence-electron chi connectivity index (χ1n) is 7.12. The zero-order valence-corrected chi connectivity index (χ0v) is 12.7. The summed E-state index contributed by atoms with van der Waals surface area (Å²) in [5.41, 5.74) is 0.0143. The minimum Gasteiger partial charge on any atom is -0.448 e. The molecule has 1 aliphatic rings. The molecule has 1 aliphatic heterocycles. The third-order valence-electron chi connectivity index (χ3n) is 3.55. The SMILES string of the molecule is O=C(O[C@@H](CN1CCCCC1)C(F)(F)F)c1cccc(Cl)c1. The first-order valence-corrected chi connectivity index (χ1v) is 7.49. The highest BCUT2D eigenvalue weighted by molar-refractivity contribution is 6.30. The Morgan fingerprint density at radius 1 is 1.27 bits per heavy atom. The molecule has 0 bridgehead atoms. The van der Waals surface area contributed by atoms with E-state index in [1.807, 2.05) is 0 Å². The van der Waals surface area contributed by atoms with E-state index in [1.165, 1.54) is 24.3 Å². The number of ether oxygens (including phenoxy) is 1. The van der Waals surface area contributed by atoms with Crippen molar-refractivity contribution >= 4 is 17.6 Å². The van der Waals surface area contributed by atoms with Crippen LogP contribution in [0.4, 0.5) is 13.2 Å². The lowest BCUT2D eigenvalue weighted by Crippen LogP contribution is -2.45. The number of alkyl halides is 3. The van der Waals surface area contributed by atoms with Gasteiger partial charge < -0.3 is 4.74 Å². The second-order valence-corrected chi connectivity index (χ2v) is 5.74. The lowest BCUT2D eigenvalue weighted by atomic mass is 10.1. The van der Waals surface area contributed by atoms with Gasteiger partial charge in [0.05, 0.1) is 5.56 Å². The summed E-state index contributed by atoms with van der Waals surface area (Å²) in [5.74, 6) is -1.01. The molecule has 7 heteroatoms. The van der Waals surface area contributed by atoms with Crippen molar-refractivity contribution < 1.29 is 22.7 Å². The minimum atomic E-state index is -4.59. The highest BCUT2D eigenvalue weighted by Crippen LogP contribution is 2.26. The summed E-state index contributed by atoms with van der Waals surface area (Å²) in [4.78, 5) is 13.6. The molecule has 0 aliphatic carbocycles. The highest BCUT2D eigenvalue weighted by atomic mass is 35.5. The average molecular weight is 336 g/mol. The fourth-order valence-electron chi connectivity index (χ4n) is 2.40. The fraction of sp³-hybridized carbons (Fsp3) is 0.533. The van der Waals surface area contributed by atoms with Crippen molar-refractivity contribution in [3.8, 4) is 0 Å². The van der Waals surface area contributed by atoms with Gasteiger partial charge in [-0.05, 0) is 44.1 Å². The van der Waals surface area contributed by atoms with Crippen LogP contribution in [0.25, 0.3) is 0 Å². The first kappa shape index (κ1) is 17.1. The van der Waals surface area contributed by atoms with Crippen molar-refractivity contribution in [3.63, 3.8) is 0 Å². The predicted octanol–water partition coefficient (Wildman–Crippen LogP) is 3.91. The van der Waals surface area contributed by atoms with Crippen LogP contribution in [0.1, 0.15) is 29.6 Å². The second-order valence-electron chi connectivity index (χ2n) is 5.31. The summed E-state index contributed by atoms with van der Waals surface area (Å²) < 4.78 is 44.0. The highest BCUT2D eigenvalue weighted by Gasteiger charge is 2.44. The van der Waals surface area contributed by atoms with Gasteiger partial charge in [-0.15, -0.1) is 0 Å². The molecular weight excluding hydrogens is 319 g/mol. The standard InChI is InChI=1S/C15H17ClF3NO2/c16-12-6-4-5-11(9-12)14(21)22-13(15(17,18)19)10-20-7-2-1-3-8-20/h4-6,9,13H,1-3,7-8,10H2/t13-/m0/s1. The number of esters is 1. The van der Waals surface area contributed by atoms with Crippen molar-refractivity contribution in [2.75, 3.05) is 19.6 Å². The number of carbonyl (C=O) groups is 1. The van der Waals surface area contributed by atoms with E-state index in [-0.39, 0.29) is 17.1 Å².